The molecule has 36 heavy (non-hydrogen) atoms. The van der Waals surface area contributed by atoms with E-state index in [1.54, 1.807) is 20.3 Å². The molecule has 0 atom stereocenters. The molecule has 8 nitrogen and oxygen atoms in total. The number of thioether (sulfide) groups is 1. The number of methoxy groups -OCH3 is 2. The number of aromatic nitrogens is 3. The molecule has 4 rings (SSSR count). The second-order valence-electron chi connectivity index (χ2n) is 7.26. The summed E-state index contributed by atoms with van der Waals surface area (Å²) in [6.07, 6.45) is 1.17. The van der Waals surface area contributed by atoms with Gasteiger partial charge in [0.25, 0.3) is 5.91 Å². The van der Waals surface area contributed by atoms with Gasteiger partial charge in [0.1, 0.15) is 5.82 Å². The van der Waals surface area contributed by atoms with Crippen LogP contribution in [0.25, 0.3) is 17.1 Å². The summed E-state index contributed by atoms with van der Waals surface area (Å²) >= 11 is 7.15. The van der Waals surface area contributed by atoms with Crippen molar-refractivity contribution in [3.05, 3.63) is 83.1 Å². The van der Waals surface area contributed by atoms with Crippen LogP contribution in [0.3, 0.4) is 0 Å². The van der Waals surface area contributed by atoms with E-state index in [9.17, 15) is 9.18 Å². The Morgan fingerprint density at radius 3 is 2.58 bits per heavy atom. The van der Waals surface area contributed by atoms with Gasteiger partial charge in [-0.15, -0.1) is 10.2 Å². The van der Waals surface area contributed by atoms with Gasteiger partial charge in [0, 0.05) is 16.8 Å². The summed E-state index contributed by atoms with van der Waals surface area (Å²) in [5.41, 5.74) is 4.05. The Morgan fingerprint density at radius 1 is 1.08 bits per heavy atom. The lowest BCUT2D eigenvalue weighted by Crippen LogP contribution is -2.20. The Balaban J connectivity index is 1.55. The summed E-state index contributed by atoms with van der Waals surface area (Å²) < 4.78 is 26.5. The zero-order chi connectivity index (χ0) is 25.5. The number of hydrogen-bond donors (Lipinski definition) is 1. The van der Waals surface area contributed by atoms with Crippen LogP contribution in [0.4, 0.5) is 4.39 Å². The molecule has 0 unspecified atom stereocenters. The average molecular weight is 526 g/mol. The van der Waals surface area contributed by atoms with E-state index in [-0.39, 0.29) is 16.3 Å². The number of benzene rings is 3. The first kappa shape index (κ1) is 25.2. The number of nitrogens with zero attached hydrogens (tertiary/aromatic N) is 4. The maximum absolute atomic E-state index is 13.9. The van der Waals surface area contributed by atoms with Crippen LogP contribution in [0.1, 0.15) is 5.56 Å². The van der Waals surface area contributed by atoms with Crippen LogP contribution in [-0.4, -0.2) is 46.9 Å². The lowest BCUT2D eigenvalue weighted by Gasteiger charge is -2.12. The first-order valence-electron chi connectivity index (χ1n) is 10.6. The first-order valence-corrected chi connectivity index (χ1v) is 12.0. The highest BCUT2D eigenvalue weighted by Gasteiger charge is 2.18. The van der Waals surface area contributed by atoms with E-state index in [0.29, 0.717) is 22.5 Å². The molecule has 3 aromatic carbocycles. The second kappa shape index (κ2) is 11.7. The van der Waals surface area contributed by atoms with Crippen LogP contribution in [0.15, 0.2) is 77.0 Å². The number of para-hydroxylation sites is 1. The molecule has 0 saturated heterocycles. The van der Waals surface area contributed by atoms with Crippen molar-refractivity contribution in [3.8, 4) is 28.6 Å². The van der Waals surface area contributed by atoms with Gasteiger partial charge in [-0.1, -0.05) is 47.6 Å². The maximum Gasteiger partial charge on any atom is 0.250 e. The van der Waals surface area contributed by atoms with Crippen molar-refractivity contribution in [2.75, 3.05) is 20.0 Å². The molecular weight excluding hydrogens is 505 g/mol. The van der Waals surface area contributed by atoms with E-state index < -0.39 is 11.7 Å². The van der Waals surface area contributed by atoms with Crippen molar-refractivity contribution in [1.82, 2.24) is 20.2 Å². The zero-order valence-corrected chi connectivity index (χ0v) is 20.9. The topological polar surface area (TPSA) is 90.6 Å². The number of carbonyl (C=O) groups excluding carboxylic acids is 1. The molecule has 1 aromatic heterocycles. The Hall–Kier alpha value is -3.89. The van der Waals surface area contributed by atoms with Crippen molar-refractivity contribution >= 4 is 35.5 Å². The number of rotatable bonds is 9. The van der Waals surface area contributed by atoms with Crippen molar-refractivity contribution in [3.63, 3.8) is 0 Å². The smallest absolute Gasteiger partial charge is 0.250 e. The molecule has 0 aliphatic carbocycles. The molecule has 4 aromatic rings. The van der Waals surface area contributed by atoms with Gasteiger partial charge in [-0.05, 0) is 42.5 Å². The first-order chi connectivity index (χ1) is 17.5. The molecule has 0 spiro atoms. The molecule has 0 aliphatic rings. The predicted molar refractivity (Wildman–Crippen MR) is 138 cm³/mol. The van der Waals surface area contributed by atoms with Gasteiger partial charge in [-0.25, -0.2) is 9.82 Å². The van der Waals surface area contributed by atoms with Gasteiger partial charge in [-0.3, -0.25) is 9.36 Å². The molecule has 1 amide bonds. The molecule has 1 N–H and O–H groups in total. The molecule has 0 aliphatic heterocycles. The van der Waals surface area contributed by atoms with Crippen LogP contribution in [0.2, 0.25) is 5.02 Å². The Kier molecular flexibility index (Phi) is 8.19. The molecule has 0 radical (unpaired) electrons. The normalized spacial score (nSPS) is 11.0. The standard InChI is InChI=1S/C25H21ClFN5O3S/c1-34-21-12-11-16(13-22(21)35-2)24-30-31-25(32(24)17-7-4-3-5-8-17)36-15-23(33)29-28-14-18-19(26)9-6-10-20(18)27/h3-14H,15H2,1-2H3,(H,29,33)/b28-14-. The number of hydrazone groups is 1. The summed E-state index contributed by atoms with van der Waals surface area (Å²) in [6, 6.07) is 19.3. The van der Waals surface area contributed by atoms with Gasteiger partial charge in [0.15, 0.2) is 22.5 Å². The van der Waals surface area contributed by atoms with E-state index in [1.807, 2.05) is 47.0 Å². The van der Waals surface area contributed by atoms with E-state index >= 15 is 0 Å². The third kappa shape index (κ3) is 5.67. The number of halogens is 2. The van der Waals surface area contributed by atoms with Crippen molar-refractivity contribution in [2.24, 2.45) is 5.10 Å². The zero-order valence-electron chi connectivity index (χ0n) is 19.3. The molecule has 1 heterocycles. The average Bonchev–Trinajstić information content (AvgIpc) is 3.33. The summed E-state index contributed by atoms with van der Waals surface area (Å²) in [5.74, 6) is 0.776. The highest BCUT2D eigenvalue weighted by atomic mass is 35.5. The van der Waals surface area contributed by atoms with Crippen molar-refractivity contribution in [1.29, 1.82) is 0 Å². The Labute approximate surface area is 216 Å². The second-order valence-corrected chi connectivity index (χ2v) is 8.61. The monoisotopic (exact) mass is 525 g/mol. The van der Waals surface area contributed by atoms with Gasteiger partial charge in [-0.2, -0.15) is 5.10 Å². The van der Waals surface area contributed by atoms with Gasteiger partial charge >= 0.3 is 0 Å². The number of carbonyl (C=O) groups is 1. The quantitative estimate of drug-likeness (QED) is 0.188. The Morgan fingerprint density at radius 2 is 1.86 bits per heavy atom. The minimum Gasteiger partial charge on any atom is -0.493 e. The van der Waals surface area contributed by atoms with E-state index in [4.69, 9.17) is 21.1 Å². The van der Waals surface area contributed by atoms with Gasteiger partial charge in [0.2, 0.25) is 0 Å². The molecule has 184 valence electrons. The van der Waals surface area contributed by atoms with Crippen LogP contribution in [0, 0.1) is 5.82 Å². The number of ether oxygens (including phenoxy) is 2. The summed E-state index contributed by atoms with van der Waals surface area (Å²) in [6.45, 7) is 0. The number of hydrogen-bond acceptors (Lipinski definition) is 7. The third-order valence-electron chi connectivity index (χ3n) is 5.00. The van der Waals surface area contributed by atoms with E-state index in [2.05, 4.69) is 20.7 Å². The SMILES string of the molecule is COc1ccc(-c2nnc(SCC(=O)N/N=C\c3c(F)cccc3Cl)n2-c2ccccc2)cc1OC. The Bertz CT molecular complexity index is 1380. The highest BCUT2D eigenvalue weighted by Crippen LogP contribution is 2.34. The molecule has 11 heteroatoms. The fourth-order valence-electron chi connectivity index (χ4n) is 3.30. The predicted octanol–water partition coefficient (Wildman–Crippen LogP) is 4.99. The minimum atomic E-state index is -0.534. The largest absolute Gasteiger partial charge is 0.493 e. The fraction of sp³-hybridized carbons (Fsp3) is 0.120. The molecule has 0 bridgehead atoms. The molecular formula is C25H21ClFN5O3S. The van der Waals surface area contributed by atoms with Gasteiger partial charge < -0.3 is 9.47 Å². The lowest BCUT2D eigenvalue weighted by molar-refractivity contribution is -0.118. The lowest BCUT2D eigenvalue weighted by atomic mass is 10.2. The summed E-state index contributed by atoms with van der Waals surface area (Å²) in [7, 11) is 3.13. The van der Waals surface area contributed by atoms with Crippen molar-refractivity contribution in [2.45, 2.75) is 5.16 Å². The third-order valence-corrected chi connectivity index (χ3v) is 6.26. The number of nitrogens with one attached hydrogen (secondary N) is 1. The maximum atomic E-state index is 13.9. The van der Waals surface area contributed by atoms with E-state index in [0.717, 1.165) is 11.3 Å². The van der Waals surface area contributed by atoms with Crippen molar-refractivity contribution < 1.29 is 18.7 Å². The van der Waals surface area contributed by atoms with E-state index in [1.165, 1.54) is 36.2 Å². The summed E-state index contributed by atoms with van der Waals surface area (Å²) in [5, 5.41) is 13.2. The van der Waals surface area contributed by atoms with Crippen LogP contribution in [-0.2, 0) is 4.79 Å². The fourth-order valence-corrected chi connectivity index (χ4v) is 4.26. The van der Waals surface area contributed by atoms with Crippen LogP contribution < -0.4 is 14.9 Å². The van der Waals surface area contributed by atoms with Crippen LogP contribution in [0.5, 0.6) is 11.5 Å². The molecule has 0 fully saturated rings. The molecule has 0 saturated carbocycles. The van der Waals surface area contributed by atoms with Crippen LogP contribution >= 0.6 is 23.4 Å². The highest BCUT2D eigenvalue weighted by molar-refractivity contribution is 7.99. The number of amides is 1. The summed E-state index contributed by atoms with van der Waals surface area (Å²) in [4.78, 5) is 12.4. The minimum absolute atomic E-state index is 0.000749. The van der Waals surface area contributed by atoms with Gasteiger partial charge in [0.05, 0.1) is 31.2 Å².